The fourth-order valence-electron chi connectivity index (χ4n) is 0. The Labute approximate surface area is 72.2 Å². The Balaban J connectivity index is 0. The predicted molar refractivity (Wildman–Crippen MR) is 37.7 cm³/mol. The summed E-state index contributed by atoms with van der Waals surface area (Å²) in [6.45, 7) is 0. The molecule has 0 saturated carbocycles. The van der Waals surface area contributed by atoms with Crippen LogP contribution < -0.4 is 0 Å². The number of rotatable bonds is 0. The SMILES string of the molecule is [Cl][SnH][Cl].[Cl][SnH][Cl]. The molecule has 0 atom stereocenters. The molecule has 0 nitrogen and oxygen atoms in total. The first-order valence-electron chi connectivity index (χ1n) is 0.873. The number of hydrogen-bond acceptors (Lipinski definition) is 0. The molecule has 0 bridgehead atoms. The monoisotopic (exact) mass is 382 g/mol. The zero-order chi connectivity index (χ0) is 5.41. The van der Waals surface area contributed by atoms with Crippen LogP contribution in [0.2, 0.25) is 0 Å². The van der Waals surface area contributed by atoms with Crippen LogP contribution in [0.15, 0.2) is 0 Å². The molecule has 0 aromatic carbocycles. The fourth-order valence-corrected chi connectivity index (χ4v) is 0. The topological polar surface area (TPSA) is 0 Å². The first kappa shape index (κ1) is 11.5. The van der Waals surface area contributed by atoms with Crippen molar-refractivity contribution in [2.24, 2.45) is 0 Å². The van der Waals surface area contributed by atoms with E-state index in [1.165, 1.54) is 0 Å². The molecule has 0 aromatic rings. The van der Waals surface area contributed by atoms with E-state index in [4.69, 9.17) is 35.7 Å². The molecule has 0 amide bonds. The molecule has 38 valence electrons. The van der Waals surface area contributed by atoms with E-state index in [0.29, 0.717) is 0 Å². The molecular weight excluding hydrogens is 379 g/mol. The van der Waals surface area contributed by atoms with E-state index in [9.17, 15) is 0 Å². The summed E-state index contributed by atoms with van der Waals surface area (Å²) in [5.41, 5.74) is 0. The minimum atomic E-state index is -0.946. The van der Waals surface area contributed by atoms with Crippen LogP contribution in [0.4, 0.5) is 0 Å². The molecule has 0 rings (SSSR count). The first-order valence-corrected chi connectivity index (χ1v) is 17.6. The normalized spacial score (nSPS) is 6.00. The van der Waals surface area contributed by atoms with Crippen LogP contribution in [0.25, 0.3) is 0 Å². The van der Waals surface area contributed by atoms with Gasteiger partial charge in [0.05, 0.1) is 0 Å². The van der Waals surface area contributed by atoms with Gasteiger partial charge in [-0.25, -0.2) is 0 Å². The maximum atomic E-state index is 4.95. The van der Waals surface area contributed by atoms with Gasteiger partial charge in [0.2, 0.25) is 0 Å². The van der Waals surface area contributed by atoms with Gasteiger partial charge in [-0.15, -0.1) is 0 Å². The van der Waals surface area contributed by atoms with E-state index in [1.54, 1.807) is 0 Å². The number of halogens is 4. The second-order valence-electron chi connectivity index (χ2n) is 0.165. The summed E-state index contributed by atoms with van der Waals surface area (Å²) in [6.07, 6.45) is 0. The van der Waals surface area contributed by atoms with Crippen LogP contribution >= 0.6 is 35.7 Å². The predicted octanol–water partition coefficient (Wildman–Crippen LogP) is 1.46. The average molecular weight is 381 g/mol. The van der Waals surface area contributed by atoms with Crippen molar-refractivity contribution in [3.63, 3.8) is 0 Å². The first-order chi connectivity index (χ1) is 2.83. The molecule has 0 N–H and O–H groups in total. The molecule has 0 aliphatic heterocycles. The van der Waals surface area contributed by atoms with Crippen molar-refractivity contribution < 1.29 is 0 Å². The second kappa shape index (κ2) is 15.7. The summed E-state index contributed by atoms with van der Waals surface area (Å²) < 4.78 is 0. The summed E-state index contributed by atoms with van der Waals surface area (Å²) in [6, 6.07) is 0. The number of hydrogen-bond donors (Lipinski definition) is 0. The molecule has 6 heteroatoms. The summed E-state index contributed by atoms with van der Waals surface area (Å²) in [5, 5.41) is 0. The van der Waals surface area contributed by atoms with Crippen LogP contribution in [-0.2, 0) is 0 Å². The minimum absolute atomic E-state index is 0.946. The standard InChI is InChI=1S/4ClH.2Sn.2H/h4*1H;;;;/q;;;;2*+2;;/p-4. The van der Waals surface area contributed by atoms with Crippen molar-refractivity contribution in [2.45, 2.75) is 0 Å². The van der Waals surface area contributed by atoms with E-state index in [0.717, 1.165) is 0 Å². The molecule has 2 radical (unpaired) electrons. The molecule has 0 saturated heterocycles. The van der Waals surface area contributed by atoms with Gasteiger partial charge in [-0.05, 0) is 0 Å². The van der Waals surface area contributed by atoms with Gasteiger partial charge in [0, 0.05) is 0 Å². The van der Waals surface area contributed by atoms with Crippen LogP contribution in [0.3, 0.4) is 0 Å². The zero-order valence-corrected chi connectivity index (χ0v) is 12.3. The quantitative estimate of drug-likeness (QED) is 0.558. The molecule has 0 heterocycles. The van der Waals surface area contributed by atoms with Crippen molar-refractivity contribution in [1.29, 1.82) is 0 Å². The van der Waals surface area contributed by atoms with E-state index in [2.05, 4.69) is 0 Å². The van der Waals surface area contributed by atoms with Crippen LogP contribution in [0.5, 0.6) is 0 Å². The average Bonchev–Trinajstić information content (AvgIpc) is 1.39. The summed E-state index contributed by atoms with van der Waals surface area (Å²) in [5.74, 6) is 0. The van der Waals surface area contributed by atoms with Gasteiger partial charge in [0.15, 0.2) is 0 Å². The second-order valence-corrected chi connectivity index (χ2v) is 9.96. The molecule has 0 fully saturated rings. The van der Waals surface area contributed by atoms with Gasteiger partial charge in [-0.2, -0.15) is 0 Å². The molecule has 0 aromatic heterocycles. The van der Waals surface area contributed by atoms with Crippen molar-refractivity contribution in [3.8, 4) is 0 Å². The van der Waals surface area contributed by atoms with Crippen molar-refractivity contribution >= 4 is 73.5 Å². The Hall–Kier alpha value is 2.76. The van der Waals surface area contributed by atoms with E-state index >= 15 is 0 Å². The van der Waals surface area contributed by atoms with Crippen molar-refractivity contribution in [2.75, 3.05) is 0 Å². The van der Waals surface area contributed by atoms with E-state index in [-0.39, 0.29) is 0 Å². The molecule has 0 unspecified atom stereocenters. The fraction of sp³-hybridized carbons (Fsp3) is 0. The summed E-state index contributed by atoms with van der Waals surface area (Å²) in [7, 11) is 19.8. The van der Waals surface area contributed by atoms with Gasteiger partial charge >= 0.3 is 73.5 Å². The van der Waals surface area contributed by atoms with Crippen molar-refractivity contribution in [3.05, 3.63) is 0 Å². The zero-order valence-electron chi connectivity index (χ0n) is 2.67. The van der Waals surface area contributed by atoms with Gasteiger partial charge in [0.1, 0.15) is 0 Å². The summed E-state index contributed by atoms with van der Waals surface area (Å²) >= 11 is -1.89. The Bertz CT molecular complexity index is 7.51. The van der Waals surface area contributed by atoms with Crippen LogP contribution in [-0.4, -0.2) is 37.8 Å². The molecular formula is H2Cl4Sn2. The van der Waals surface area contributed by atoms with Crippen LogP contribution in [0.1, 0.15) is 0 Å². The van der Waals surface area contributed by atoms with Crippen molar-refractivity contribution in [1.82, 2.24) is 0 Å². The maximum absolute atomic E-state index is 4.95. The van der Waals surface area contributed by atoms with Gasteiger partial charge in [-0.3, -0.25) is 0 Å². The molecule has 0 aliphatic rings. The molecule has 0 aliphatic carbocycles. The van der Waals surface area contributed by atoms with Gasteiger partial charge in [0.25, 0.3) is 0 Å². The third-order valence-corrected chi connectivity index (χ3v) is 0. The Morgan fingerprint density at radius 3 is 0.667 bits per heavy atom. The Morgan fingerprint density at radius 2 is 0.667 bits per heavy atom. The van der Waals surface area contributed by atoms with Crippen LogP contribution in [0, 0.1) is 0 Å². The van der Waals surface area contributed by atoms with Gasteiger partial charge < -0.3 is 0 Å². The molecule has 6 heavy (non-hydrogen) atoms. The third-order valence-electron chi connectivity index (χ3n) is 0. The van der Waals surface area contributed by atoms with E-state index < -0.39 is 37.8 Å². The van der Waals surface area contributed by atoms with Gasteiger partial charge in [-0.1, -0.05) is 0 Å². The molecule has 0 spiro atoms. The third kappa shape index (κ3) is 29.5. The van der Waals surface area contributed by atoms with E-state index in [1.807, 2.05) is 0 Å². The Kier molecular flexibility index (Phi) is 30.1. The Morgan fingerprint density at radius 1 is 0.667 bits per heavy atom. The summed E-state index contributed by atoms with van der Waals surface area (Å²) in [4.78, 5) is 0.